The monoisotopic (exact) mass is 1620 g/mol. The number of hydrogen-bond donors (Lipinski definition) is 16. The molecule has 12 amide bonds. The SMILES string of the molecule is CC(C)C[C@@H]1NC(=O)[C@H](CCCN)NC(=O)[C@H](C(C)C)NC(=O)[C@H](Cc2cn(CCO[C@@H]3O[C@H](CO)[C@@H](O)[C@H](O)[C@H]3NCc3ccc(-c4ccccc4)cc3)nn2)NC(=O)[C@H](CCC(N)=O)NC(=O)[C@H](CC(N)=O)NC(=O)[C@@H](Cc2ccccc2)NC(=O)[C@H](Cc2ccccc2)NC(=O)[C@@H]2CCCN2C(=O)[C@@H](Cc2ccccc2)NC1=O. The lowest BCUT2D eigenvalue weighted by Crippen LogP contribution is -2.63. The molecular formula is C83H109N17O17. The second kappa shape index (κ2) is 44.1. The molecule has 34 heteroatoms. The van der Waals surface area contributed by atoms with Gasteiger partial charge in [-0.05, 0) is 90.3 Å². The fraction of sp³-hybridized carbons (Fsp3) is 0.470. The molecule has 0 unspecified atom stereocenters. The van der Waals surface area contributed by atoms with E-state index >= 15 is 24.0 Å². The Morgan fingerprint density at radius 1 is 0.547 bits per heavy atom. The Balaban J connectivity index is 1.05. The molecule has 34 nitrogen and oxygen atoms in total. The zero-order chi connectivity index (χ0) is 84.2. The van der Waals surface area contributed by atoms with E-state index in [4.69, 9.17) is 26.7 Å². The number of fused-ring (bicyclic) bond motifs is 1. The Labute approximate surface area is 678 Å². The van der Waals surface area contributed by atoms with E-state index < -0.39 is 200 Å². The summed E-state index contributed by atoms with van der Waals surface area (Å²) in [5.74, 6) is -12.4. The van der Waals surface area contributed by atoms with Crippen molar-refractivity contribution < 1.29 is 82.3 Å². The maximum absolute atomic E-state index is 15.3. The van der Waals surface area contributed by atoms with Crippen molar-refractivity contribution in [3.05, 3.63) is 180 Å². The van der Waals surface area contributed by atoms with Crippen LogP contribution < -0.4 is 70.4 Å². The number of rotatable bonds is 28. The Hall–Kier alpha value is -11.4. The molecule has 3 fully saturated rings. The number of amides is 12. The number of carbonyl (C=O) groups is 12. The molecule has 117 heavy (non-hydrogen) atoms. The first-order valence-corrected chi connectivity index (χ1v) is 39.6. The molecule has 6 aromatic rings. The molecule has 1 aromatic heterocycles. The van der Waals surface area contributed by atoms with Gasteiger partial charge >= 0.3 is 0 Å². The highest BCUT2D eigenvalue weighted by molar-refractivity contribution is 6.01. The molecule has 15 atom stereocenters. The van der Waals surface area contributed by atoms with E-state index in [2.05, 4.69) is 63.5 Å². The number of ether oxygens (including phenoxy) is 2. The molecule has 5 aromatic carbocycles. The zero-order valence-corrected chi connectivity index (χ0v) is 66.1. The number of carbonyl (C=O) groups excluding carboxylic acids is 12. The summed E-state index contributed by atoms with van der Waals surface area (Å²) in [7, 11) is 0. The molecule has 0 aliphatic carbocycles. The smallest absolute Gasteiger partial charge is 0.246 e. The van der Waals surface area contributed by atoms with E-state index in [-0.39, 0.29) is 89.3 Å². The minimum absolute atomic E-state index is 0.0259. The molecule has 628 valence electrons. The van der Waals surface area contributed by atoms with E-state index in [1.165, 1.54) is 15.8 Å². The second-order valence-electron chi connectivity index (χ2n) is 30.4. The molecule has 0 radical (unpaired) electrons. The Morgan fingerprint density at radius 2 is 1.03 bits per heavy atom. The minimum atomic E-state index is -1.92. The normalized spacial score (nSPS) is 25.3. The minimum Gasteiger partial charge on any atom is -0.394 e. The molecule has 3 saturated heterocycles. The maximum atomic E-state index is 15.3. The van der Waals surface area contributed by atoms with E-state index in [1.54, 1.807) is 105 Å². The Bertz CT molecular complexity index is 4320. The van der Waals surface area contributed by atoms with Crippen molar-refractivity contribution >= 4 is 70.9 Å². The number of nitrogens with one attached hydrogen (secondary N) is 10. The standard InChI is InChI=1S/C83H109N17O17/c1-48(2)39-59-75(108)95-64(42-52-23-13-7-14-24-52)82(115)100-36-18-28-65(100)80(113)94-61(41-51-21-11-6-12-22-51)77(110)91-60(40-50-19-9-5-10-20-50)76(109)93-63(44-68(86)103)78(111)88-58(33-34-67(85)102)74(107)92-62(79(112)96-69(49(3)4)81(114)89-57(27-17-35-84)73(106)90-59)43-56-46-99(98-97-56)37-38-116-83-70(72(105)71(104)66(47-101)117-83)87-45-53-29-31-55(32-30-53)54-25-15-8-16-26-54/h5-16,19-26,29-32,46,48-49,57-66,69-72,83,87,101,104-105H,17-18,27-28,33-45,47,84H2,1-4H3,(H2,85,102)(H2,86,103)(H,88,111)(H,89,114)(H,90,106)(H,91,110)(H,92,107)(H,93,109)(H,94,113)(H,95,108)(H,96,112)/t57-,58-,59-,60+,61-,62-,63-,64+,65-,66+,69-,70+,71+,72+,83+/m0/s1. The molecule has 19 N–H and O–H groups in total. The zero-order valence-electron chi connectivity index (χ0n) is 66.1. The van der Waals surface area contributed by atoms with Gasteiger partial charge in [0.1, 0.15) is 78.7 Å². The predicted octanol–water partition coefficient (Wildman–Crippen LogP) is -1.22. The molecule has 3 aliphatic rings. The van der Waals surface area contributed by atoms with Gasteiger partial charge in [-0.25, -0.2) is 4.68 Å². The fourth-order valence-corrected chi connectivity index (χ4v) is 14.2. The van der Waals surface area contributed by atoms with Gasteiger partial charge in [-0.2, -0.15) is 0 Å². The molecule has 9 rings (SSSR count). The first kappa shape index (κ1) is 89.5. The van der Waals surface area contributed by atoms with Gasteiger partial charge < -0.3 is 100 Å². The van der Waals surface area contributed by atoms with E-state index in [0.29, 0.717) is 23.1 Å². The third-order valence-electron chi connectivity index (χ3n) is 20.6. The van der Waals surface area contributed by atoms with Gasteiger partial charge in [-0.1, -0.05) is 179 Å². The Morgan fingerprint density at radius 3 is 1.58 bits per heavy atom. The van der Waals surface area contributed by atoms with Crippen molar-refractivity contribution in [3.8, 4) is 11.1 Å². The third kappa shape index (κ3) is 26.6. The van der Waals surface area contributed by atoms with Crippen molar-refractivity contribution in [2.45, 2.75) is 209 Å². The molecule has 0 bridgehead atoms. The number of benzene rings is 5. The molecular weight excluding hydrogens is 1510 g/mol. The molecule has 0 spiro atoms. The average molecular weight is 1620 g/mol. The first-order valence-electron chi connectivity index (χ1n) is 39.6. The summed E-state index contributed by atoms with van der Waals surface area (Å²) < 4.78 is 13.5. The van der Waals surface area contributed by atoms with Crippen molar-refractivity contribution in [3.63, 3.8) is 0 Å². The summed E-state index contributed by atoms with van der Waals surface area (Å²) >= 11 is 0. The van der Waals surface area contributed by atoms with Crippen molar-refractivity contribution in [2.24, 2.45) is 29.0 Å². The number of nitrogens with zero attached hydrogens (tertiary/aromatic N) is 4. The van der Waals surface area contributed by atoms with Crippen LogP contribution in [0.5, 0.6) is 0 Å². The lowest BCUT2D eigenvalue weighted by atomic mass is 9.96. The number of aliphatic hydroxyl groups excluding tert-OH is 3. The lowest BCUT2D eigenvalue weighted by Gasteiger charge is -2.42. The number of aliphatic hydroxyl groups is 3. The number of hydrogen-bond acceptors (Lipinski definition) is 21. The highest BCUT2D eigenvalue weighted by atomic mass is 16.7. The van der Waals surface area contributed by atoms with Crippen LogP contribution in [0.1, 0.15) is 107 Å². The summed E-state index contributed by atoms with van der Waals surface area (Å²) in [4.78, 5) is 177. The summed E-state index contributed by atoms with van der Waals surface area (Å²) in [6, 6.07) is 26.9. The van der Waals surface area contributed by atoms with Gasteiger partial charge in [-0.3, -0.25) is 57.5 Å². The van der Waals surface area contributed by atoms with Crippen LogP contribution in [0.2, 0.25) is 0 Å². The third-order valence-corrected chi connectivity index (χ3v) is 20.6. The second-order valence-corrected chi connectivity index (χ2v) is 30.4. The highest BCUT2D eigenvalue weighted by Crippen LogP contribution is 2.26. The number of aromatic nitrogens is 3. The van der Waals surface area contributed by atoms with Gasteiger partial charge in [0.2, 0.25) is 70.9 Å². The predicted molar refractivity (Wildman–Crippen MR) is 427 cm³/mol. The summed E-state index contributed by atoms with van der Waals surface area (Å²) in [6.07, 6.45) is -6.51. The lowest BCUT2D eigenvalue weighted by molar-refractivity contribution is -0.271. The molecule has 3 aliphatic heterocycles. The maximum Gasteiger partial charge on any atom is 0.246 e. The van der Waals surface area contributed by atoms with E-state index in [0.717, 1.165) is 16.7 Å². The van der Waals surface area contributed by atoms with Crippen molar-refractivity contribution in [1.29, 1.82) is 0 Å². The van der Waals surface area contributed by atoms with Crippen LogP contribution in [-0.2, 0) is 106 Å². The van der Waals surface area contributed by atoms with Crippen LogP contribution in [0.15, 0.2) is 152 Å². The Kier molecular flexibility index (Phi) is 33.7. The van der Waals surface area contributed by atoms with Crippen LogP contribution >= 0.6 is 0 Å². The fourth-order valence-electron chi connectivity index (χ4n) is 14.2. The summed E-state index contributed by atoms with van der Waals surface area (Å²) in [6.45, 7) is 6.18. The number of nitrogens with two attached hydrogens (primary N) is 3. The van der Waals surface area contributed by atoms with Gasteiger partial charge in [-0.15, -0.1) is 5.10 Å². The van der Waals surface area contributed by atoms with Gasteiger partial charge in [0.05, 0.1) is 37.9 Å². The van der Waals surface area contributed by atoms with Crippen LogP contribution in [0.4, 0.5) is 0 Å². The van der Waals surface area contributed by atoms with Crippen LogP contribution in [0.3, 0.4) is 0 Å². The van der Waals surface area contributed by atoms with Crippen LogP contribution in [0, 0.1) is 11.8 Å². The quantitative estimate of drug-likeness (QED) is 0.0274. The van der Waals surface area contributed by atoms with Crippen LogP contribution in [-0.4, -0.2) is 223 Å². The van der Waals surface area contributed by atoms with E-state index in [9.17, 15) is 48.9 Å². The first-order chi connectivity index (χ1) is 56.1. The molecule has 0 saturated carbocycles. The van der Waals surface area contributed by atoms with Gasteiger partial charge in [0, 0.05) is 51.4 Å². The topological polar surface area (TPSA) is 516 Å². The number of primary amides is 2. The average Bonchev–Trinajstić information content (AvgIpc) is 1.80. The van der Waals surface area contributed by atoms with Gasteiger partial charge in [0.15, 0.2) is 6.29 Å². The summed E-state index contributed by atoms with van der Waals surface area (Å²) in [5.41, 5.74) is 22.0. The van der Waals surface area contributed by atoms with Gasteiger partial charge in [0.25, 0.3) is 0 Å². The van der Waals surface area contributed by atoms with E-state index in [1.807, 2.05) is 68.4 Å². The largest absolute Gasteiger partial charge is 0.394 e. The van der Waals surface area contributed by atoms with Crippen molar-refractivity contribution in [1.82, 2.24) is 73.1 Å². The molecule has 4 heterocycles. The highest BCUT2D eigenvalue weighted by Gasteiger charge is 2.46. The van der Waals surface area contributed by atoms with Crippen LogP contribution in [0.25, 0.3) is 11.1 Å². The summed E-state index contributed by atoms with van der Waals surface area (Å²) in [5, 5.41) is 68.6. The van der Waals surface area contributed by atoms with Crippen molar-refractivity contribution in [2.75, 3.05) is 26.3 Å².